The van der Waals surface area contributed by atoms with Gasteiger partial charge in [-0.25, -0.2) is 4.79 Å². The van der Waals surface area contributed by atoms with E-state index in [0.29, 0.717) is 0 Å². The highest BCUT2D eigenvalue weighted by Gasteiger charge is 2.09. The molecule has 0 aliphatic heterocycles. The van der Waals surface area contributed by atoms with Crippen LogP contribution in [0, 0.1) is 12.3 Å². The van der Waals surface area contributed by atoms with Crippen molar-refractivity contribution in [1.29, 1.82) is 0 Å². The number of benzene rings is 1. The Hall–Kier alpha value is -2.48. The second-order valence-corrected chi connectivity index (χ2v) is 3.11. The number of aromatic hydroxyl groups is 1. The Labute approximate surface area is 98.4 Å². The minimum Gasteiger partial charge on any atom is -0.508 e. The summed E-state index contributed by atoms with van der Waals surface area (Å²) in [7, 11) is 0. The zero-order valence-corrected chi connectivity index (χ0v) is 8.97. The number of ether oxygens (including phenoxy) is 1. The molecular formula is C12H11NO4. The Morgan fingerprint density at radius 1 is 1.47 bits per heavy atom. The second kappa shape index (κ2) is 6.18. The SMILES string of the molecule is C#CCNC(=O)COC(=O)c1cccc(O)c1. The van der Waals surface area contributed by atoms with Crippen LogP contribution >= 0.6 is 0 Å². The maximum atomic E-state index is 11.4. The van der Waals surface area contributed by atoms with Crippen molar-refractivity contribution in [3.63, 3.8) is 0 Å². The van der Waals surface area contributed by atoms with Crippen LogP contribution in [0.1, 0.15) is 10.4 Å². The Bertz CT molecular complexity index is 462. The number of esters is 1. The molecule has 0 aliphatic carbocycles. The maximum absolute atomic E-state index is 11.4. The molecule has 0 radical (unpaired) electrons. The molecule has 88 valence electrons. The van der Waals surface area contributed by atoms with Crippen LogP contribution in [0.3, 0.4) is 0 Å². The number of phenols is 1. The van der Waals surface area contributed by atoms with Gasteiger partial charge in [-0.1, -0.05) is 12.0 Å². The first kappa shape index (κ1) is 12.6. The van der Waals surface area contributed by atoms with Crippen molar-refractivity contribution in [3.8, 4) is 18.1 Å². The molecule has 0 atom stereocenters. The highest BCUT2D eigenvalue weighted by molar-refractivity contribution is 5.91. The summed E-state index contributed by atoms with van der Waals surface area (Å²) >= 11 is 0. The van der Waals surface area contributed by atoms with Gasteiger partial charge in [0.25, 0.3) is 5.91 Å². The number of phenolic OH excluding ortho intramolecular Hbond substituents is 1. The van der Waals surface area contributed by atoms with E-state index in [2.05, 4.69) is 11.2 Å². The largest absolute Gasteiger partial charge is 0.508 e. The second-order valence-electron chi connectivity index (χ2n) is 3.11. The smallest absolute Gasteiger partial charge is 0.338 e. The number of rotatable bonds is 4. The Balaban J connectivity index is 2.45. The zero-order chi connectivity index (χ0) is 12.7. The number of hydrogen-bond acceptors (Lipinski definition) is 4. The molecule has 5 nitrogen and oxygen atoms in total. The van der Waals surface area contributed by atoms with Crippen molar-refractivity contribution in [2.24, 2.45) is 0 Å². The summed E-state index contributed by atoms with van der Waals surface area (Å²) in [6, 6.07) is 5.66. The molecule has 0 spiro atoms. The maximum Gasteiger partial charge on any atom is 0.338 e. The molecule has 0 unspecified atom stereocenters. The fourth-order valence-corrected chi connectivity index (χ4v) is 1.05. The first-order valence-corrected chi connectivity index (χ1v) is 4.80. The van der Waals surface area contributed by atoms with Crippen LogP contribution in [0.4, 0.5) is 0 Å². The fourth-order valence-electron chi connectivity index (χ4n) is 1.05. The van der Waals surface area contributed by atoms with Crippen LogP contribution in [0.5, 0.6) is 5.75 Å². The predicted octanol–water partition coefficient (Wildman–Crippen LogP) is 0.298. The van der Waals surface area contributed by atoms with Gasteiger partial charge in [0.1, 0.15) is 5.75 Å². The summed E-state index contributed by atoms with van der Waals surface area (Å²) < 4.78 is 4.71. The minimum absolute atomic E-state index is 0.0452. The summed E-state index contributed by atoms with van der Waals surface area (Å²) in [6.07, 6.45) is 4.94. The number of hydrogen-bond donors (Lipinski definition) is 2. The lowest BCUT2D eigenvalue weighted by atomic mass is 10.2. The van der Waals surface area contributed by atoms with E-state index in [1.165, 1.54) is 24.3 Å². The van der Waals surface area contributed by atoms with Gasteiger partial charge >= 0.3 is 5.97 Å². The molecule has 17 heavy (non-hydrogen) atoms. The Kier molecular flexibility index (Phi) is 4.58. The van der Waals surface area contributed by atoms with Crippen molar-refractivity contribution >= 4 is 11.9 Å². The van der Waals surface area contributed by atoms with Gasteiger partial charge in [0, 0.05) is 0 Å². The summed E-state index contributed by atoms with van der Waals surface area (Å²) in [5, 5.41) is 11.5. The van der Waals surface area contributed by atoms with Gasteiger partial charge in [0.2, 0.25) is 0 Å². The molecule has 0 bridgehead atoms. The molecule has 0 heterocycles. The Morgan fingerprint density at radius 2 is 2.24 bits per heavy atom. The van der Waals surface area contributed by atoms with Gasteiger partial charge in [-0.05, 0) is 18.2 Å². The van der Waals surface area contributed by atoms with Crippen LogP contribution in [0.25, 0.3) is 0 Å². The third-order valence-electron chi connectivity index (χ3n) is 1.80. The summed E-state index contributed by atoms with van der Waals surface area (Å²) in [5.74, 6) is 1.02. The van der Waals surface area contributed by atoms with Crippen LogP contribution in [-0.2, 0) is 9.53 Å². The van der Waals surface area contributed by atoms with Crippen molar-refractivity contribution in [2.45, 2.75) is 0 Å². The molecule has 0 fully saturated rings. The molecule has 1 rings (SSSR count). The lowest BCUT2D eigenvalue weighted by Crippen LogP contribution is -2.28. The van der Waals surface area contributed by atoms with E-state index in [9.17, 15) is 9.59 Å². The van der Waals surface area contributed by atoms with Gasteiger partial charge < -0.3 is 15.2 Å². The third-order valence-corrected chi connectivity index (χ3v) is 1.80. The summed E-state index contributed by atoms with van der Waals surface area (Å²) in [6.45, 7) is -0.321. The third kappa shape index (κ3) is 4.26. The molecule has 5 heteroatoms. The minimum atomic E-state index is -0.684. The lowest BCUT2D eigenvalue weighted by Gasteiger charge is -2.04. The van der Waals surface area contributed by atoms with E-state index in [4.69, 9.17) is 16.3 Å². The van der Waals surface area contributed by atoms with Crippen molar-refractivity contribution in [1.82, 2.24) is 5.32 Å². The van der Waals surface area contributed by atoms with Crippen LogP contribution in [0.15, 0.2) is 24.3 Å². The number of carbonyl (C=O) groups excluding carboxylic acids is 2. The lowest BCUT2D eigenvalue weighted by molar-refractivity contribution is -0.123. The van der Waals surface area contributed by atoms with Crippen molar-refractivity contribution in [3.05, 3.63) is 29.8 Å². The average Bonchev–Trinajstić information content (AvgIpc) is 2.33. The van der Waals surface area contributed by atoms with E-state index < -0.39 is 18.5 Å². The van der Waals surface area contributed by atoms with Gasteiger partial charge in [-0.2, -0.15) is 0 Å². The van der Waals surface area contributed by atoms with Crippen molar-refractivity contribution < 1.29 is 19.4 Å². The normalized spacial score (nSPS) is 9.12. The molecule has 1 aromatic rings. The van der Waals surface area contributed by atoms with Gasteiger partial charge in [-0.15, -0.1) is 6.42 Å². The number of amides is 1. The van der Waals surface area contributed by atoms with Gasteiger partial charge in [0.05, 0.1) is 12.1 Å². The fraction of sp³-hybridized carbons (Fsp3) is 0.167. The average molecular weight is 233 g/mol. The molecular weight excluding hydrogens is 222 g/mol. The van der Waals surface area contributed by atoms with E-state index in [1.54, 1.807) is 0 Å². The van der Waals surface area contributed by atoms with E-state index in [0.717, 1.165) is 0 Å². The number of terminal acetylenes is 1. The number of nitrogens with one attached hydrogen (secondary N) is 1. The first-order valence-electron chi connectivity index (χ1n) is 4.80. The quantitative estimate of drug-likeness (QED) is 0.579. The van der Waals surface area contributed by atoms with Crippen LogP contribution in [-0.4, -0.2) is 30.1 Å². The summed E-state index contributed by atoms with van der Waals surface area (Å²) in [5.41, 5.74) is 0.176. The highest BCUT2D eigenvalue weighted by atomic mass is 16.5. The van der Waals surface area contributed by atoms with Crippen LogP contribution < -0.4 is 5.32 Å². The molecule has 0 aromatic heterocycles. The topological polar surface area (TPSA) is 75.6 Å². The predicted molar refractivity (Wildman–Crippen MR) is 60.2 cm³/mol. The van der Waals surface area contributed by atoms with Crippen molar-refractivity contribution in [2.75, 3.05) is 13.2 Å². The highest BCUT2D eigenvalue weighted by Crippen LogP contribution is 2.11. The molecule has 1 aromatic carbocycles. The van der Waals surface area contributed by atoms with E-state index >= 15 is 0 Å². The standard InChI is InChI=1S/C12H11NO4/c1-2-6-13-11(15)8-17-12(16)9-4-3-5-10(14)7-9/h1,3-5,7,14H,6,8H2,(H,13,15). The molecule has 0 saturated heterocycles. The molecule has 1 amide bonds. The Morgan fingerprint density at radius 3 is 2.88 bits per heavy atom. The number of carbonyl (C=O) groups is 2. The van der Waals surface area contributed by atoms with E-state index in [1.807, 2.05) is 0 Å². The first-order chi connectivity index (χ1) is 8.13. The molecule has 0 saturated carbocycles. The van der Waals surface area contributed by atoms with Gasteiger partial charge in [0.15, 0.2) is 6.61 Å². The zero-order valence-electron chi connectivity index (χ0n) is 8.97. The van der Waals surface area contributed by atoms with E-state index in [-0.39, 0.29) is 17.9 Å². The monoisotopic (exact) mass is 233 g/mol. The van der Waals surface area contributed by atoms with Gasteiger partial charge in [-0.3, -0.25) is 4.79 Å². The summed E-state index contributed by atoms with van der Waals surface area (Å²) in [4.78, 5) is 22.5. The molecule has 0 aliphatic rings. The van der Waals surface area contributed by atoms with Crippen LogP contribution in [0.2, 0.25) is 0 Å². The molecule has 2 N–H and O–H groups in total.